The van der Waals surface area contributed by atoms with Gasteiger partial charge in [-0.05, 0) is 24.1 Å². The summed E-state index contributed by atoms with van der Waals surface area (Å²) in [5.74, 6) is 1.47. The molecule has 0 saturated heterocycles. The van der Waals surface area contributed by atoms with E-state index in [-0.39, 0.29) is 6.61 Å². The van der Waals surface area contributed by atoms with Crippen molar-refractivity contribution in [1.29, 1.82) is 0 Å². The molecule has 3 heteroatoms. The molecule has 1 aromatic carbocycles. The lowest BCUT2D eigenvalue weighted by Crippen LogP contribution is -1.97. The van der Waals surface area contributed by atoms with Gasteiger partial charge in [0.25, 0.3) is 0 Å². The maximum atomic E-state index is 8.68. The largest absolute Gasteiger partial charge is 0.493 e. The Balaban J connectivity index is 2.83. The van der Waals surface area contributed by atoms with Gasteiger partial charge in [-0.15, -0.1) is 0 Å². The van der Waals surface area contributed by atoms with Crippen molar-refractivity contribution in [3.8, 4) is 11.5 Å². The highest BCUT2D eigenvalue weighted by atomic mass is 16.5. The van der Waals surface area contributed by atoms with Crippen LogP contribution in [0.3, 0.4) is 0 Å². The molecular formula is C13H18O3. The number of aliphatic hydroxyl groups is 1. The van der Waals surface area contributed by atoms with Crippen molar-refractivity contribution in [2.75, 3.05) is 20.3 Å². The fourth-order valence-electron chi connectivity index (χ4n) is 1.31. The van der Waals surface area contributed by atoms with Gasteiger partial charge in [-0.3, -0.25) is 0 Å². The highest BCUT2D eigenvalue weighted by molar-refractivity contribution is 5.55. The van der Waals surface area contributed by atoms with Gasteiger partial charge in [-0.1, -0.05) is 25.1 Å². The summed E-state index contributed by atoms with van der Waals surface area (Å²) in [6.07, 6.45) is 4.49. The van der Waals surface area contributed by atoms with Crippen molar-refractivity contribution < 1.29 is 14.6 Å². The molecule has 0 amide bonds. The zero-order valence-electron chi connectivity index (χ0n) is 9.77. The van der Waals surface area contributed by atoms with Gasteiger partial charge in [0.05, 0.1) is 20.3 Å². The summed E-state index contributed by atoms with van der Waals surface area (Å²) in [6, 6.07) is 5.70. The monoisotopic (exact) mass is 222 g/mol. The van der Waals surface area contributed by atoms with Gasteiger partial charge in [0.2, 0.25) is 0 Å². The summed E-state index contributed by atoms with van der Waals surface area (Å²) < 4.78 is 10.8. The first-order chi connectivity index (χ1) is 7.81. The van der Waals surface area contributed by atoms with E-state index in [1.54, 1.807) is 13.2 Å². The molecule has 0 aliphatic carbocycles. The summed E-state index contributed by atoms with van der Waals surface area (Å²) in [7, 11) is 1.62. The summed E-state index contributed by atoms with van der Waals surface area (Å²) in [5.41, 5.74) is 0.981. The molecule has 0 radical (unpaired) electrons. The molecule has 1 N–H and O–H groups in total. The molecule has 1 rings (SSSR count). The number of aliphatic hydroxyl groups excluding tert-OH is 1. The first kappa shape index (κ1) is 12.6. The Morgan fingerprint density at radius 2 is 2.12 bits per heavy atom. The minimum atomic E-state index is 0.0381. The quantitative estimate of drug-likeness (QED) is 0.803. The van der Waals surface area contributed by atoms with Crippen LogP contribution in [0, 0.1) is 0 Å². The van der Waals surface area contributed by atoms with Crippen LogP contribution in [0.5, 0.6) is 11.5 Å². The minimum Gasteiger partial charge on any atom is -0.493 e. The molecule has 3 nitrogen and oxygen atoms in total. The van der Waals surface area contributed by atoms with Crippen LogP contribution >= 0.6 is 0 Å². The first-order valence-electron chi connectivity index (χ1n) is 5.40. The Morgan fingerprint density at radius 1 is 1.31 bits per heavy atom. The van der Waals surface area contributed by atoms with Gasteiger partial charge in [0.15, 0.2) is 11.5 Å². The Bertz CT molecular complexity index is 345. The molecule has 0 atom stereocenters. The van der Waals surface area contributed by atoms with Gasteiger partial charge in [-0.25, -0.2) is 0 Å². The second-order valence-electron chi connectivity index (χ2n) is 3.34. The third kappa shape index (κ3) is 3.59. The van der Waals surface area contributed by atoms with Crippen molar-refractivity contribution in [2.45, 2.75) is 13.3 Å². The number of ether oxygens (including phenoxy) is 2. The summed E-state index contributed by atoms with van der Waals surface area (Å²) in [4.78, 5) is 0. The maximum absolute atomic E-state index is 8.68. The van der Waals surface area contributed by atoms with Gasteiger partial charge in [-0.2, -0.15) is 0 Å². The Labute approximate surface area is 96.3 Å². The molecular weight excluding hydrogens is 204 g/mol. The van der Waals surface area contributed by atoms with E-state index in [1.807, 2.05) is 24.3 Å². The predicted octanol–water partition coefficient (Wildman–Crippen LogP) is 2.49. The minimum absolute atomic E-state index is 0.0381. The lowest BCUT2D eigenvalue weighted by Gasteiger charge is -2.10. The van der Waals surface area contributed by atoms with Crippen LogP contribution in [0.2, 0.25) is 0 Å². The van der Waals surface area contributed by atoms with E-state index in [4.69, 9.17) is 14.6 Å². The van der Waals surface area contributed by atoms with E-state index in [2.05, 4.69) is 6.92 Å². The van der Waals surface area contributed by atoms with Crippen LogP contribution in [0.15, 0.2) is 24.3 Å². The summed E-state index contributed by atoms with van der Waals surface area (Å²) in [5, 5.41) is 8.68. The average molecular weight is 222 g/mol. The van der Waals surface area contributed by atoms with Crippen molar-refractivity contribution >= 4 is 6.08 Å². The molecule has 0 saturated carbocycles. The molecule has 0 heterocycles. The van der Waals surface area contributed by atoms with Crippen LogP contribution in [0.1, 0.15) is 18.9 Å². The normalized spacial score (nSPS) is 10.7. The fraction of sp³-hybridized carbons (Fsp3) is 0.385. The van der Waals surface area contributed by atoms with Crippen molar-refractivity contribution in [3.05, 3.63) is 29.8 Å². The average Bonchev–Trinajstić information content (AvgIpc) is 2.34. The second kappa shape index (κ2) is 6.90. The van der Waals surface area contributed by atoms with Gasteiger partial charge < -0.3 is 14.6 Å². The SMILES string of the molecule is CCCOc1ccc(C=CCO)cc1OC. The first-order valence-corrected chi connectivity index (χ1v) is 5.40. The number of hydrogen-bond donors (Lipinski definition) is 1. The number of methoxy groups -OCH3 is 1. The molecule has 16 heavy (non-hydrogen) atoms. The van der Waals surface area contributed by atoms with E-state index in [1.165, 1.54) is 0 Å². The Hall–Kier alpha value is -1.48. The molecule has 0 aliphatic rings. The predicted molar refractivity (Wildman–Crippen MR) is 64.9 cm³/mol. The van der Waals surface area contributed by atoms with Crippen LogP contribution in [0.4, 0.5) is 0 Å². The molecule has 0 fully saturated rings. The van der Waals surface area contributed by atoms with E-state index >= 15 is 0 Å². The third-order valence-corrected chi connectivity index (χ3v) is 2.07. The smallest absolute Gasteiger partial charge is 0.161 e. The number of benzene rings is 1. The zero-order chi connectivity index (χ0) is 11.8. The van der Waals surface area contributed by atoms with Crippen LogP contribution in [0.25, 0.3) is 6.08 Å². The Kier molecular flexibility index (Phi) is 5.43. The van der Waals surface area contributed by atoms with E-state index in [0.717, 1.165) is 17.7 Å². The molecule has 0 spiro atoms. The molecule has 88 valence electrons. The summed E-state index contributed by atoms with van der Waals surface area (Å²) in [6.45, 7) is 2.78. The van der Waals surface area contributed by atoms with E-state index in [0.29, 0.717) is 12.4 Å². The fourth-order valence-corrected chi connectivity index (χ4v) is 1.31. The molecule has 0 bridgehead atoms. The molecule has 0 unspecified atom stereocenters. The van der Waals surface area contributed by atoms with Crippen LogP contribution < -0.4 is 9.47 Å². The maximum Gasteiger partial charge on any atom is 0.161 e. The highest BCUT2D eigenvalue weighted by Gasteiger charge is 2.03. The molecule has 0 aliphatic heterocycles. The van der Waals surface area contributed by atoms with Gasteiger partial charge >= 0.3 is 0 Å². The third-order valence-electron chi connectivity index (χ3n) is 2.07. The molecule has 0 aromatic heterocycles. The lowest BCUT2D eigenvalue weighted by atomic mass is 10.2. The van der Waals surface area contributed by atoms with E-state index in [9.17, 15) is 0 Å². The zero-order valence-corrected chi connectivity index (χ0v) is 9.77. The van der Waals surface area contributed by atoms with Crippen LogP contribution in [-0.2, 0) is 0 Å². The van der Waals surface area contributed by atoms with Crippen molar-refractivity contribution in [2.24, 2.45) is 0 Å². The topological polar surface area (TPSA) is 38.7 Å². The molecule has 1 aromatic rings. The number of rotatable bonds is 6. The standard InChI is InChI=1S/C13H18O3/c1-3-9-16-12-7-6-11(5-4-8-14)10-13(12)15-2/h4-7,10,14H,3,8-9H2,1-2H3. The summed E-state index contributed by atoms with van der Waals surface area (Å²) >= 11 is 0. The number of hydrogen-bond acceptors (Lipinski definition) is 3. The lowest BCUT2D eigenvalue weighted by molar-refractivity contribution is 0.294. The second-order valence-corrected chi connectivity index (χ2v) is 3.34. The van der Waals surface area contributed by atoms with Gasteiger partial charge in [0, 0.05) is 0 Å². The van der Waals surface area contributed by atoms with Gasteiger partial charge in [0.1, 0.15) is 0 Å². The van der Waals surface area contributed by atoms with Crippen LogP contribution in [-0.4, -0.2) is 25.4 Å². The highest BCUT2D eigenvalue weighted by Crippen LogP contribution is 2.28. The van der Waals surface area contributed by atoms with Crippen molar-refractivity contribution in [3.63, 3.8) is 0 Å². The van der Waals surface area contributed by atoms with E-state index < -0.39 is 0 Å². The van der Waals surface area contributed by atoms with Crippen molar-refractivity contribution in [1.82, 2.24) is 0 Å². The Morgan fingerprint density at radius 3 is 2.75 bits per heavy atom.